The minimum atomic E-state index is -0.495. The number of hydrogen-bond acceptors (Lipinski definition) is 4. The zero-order valence-electron chi connectivity index (χ0n) is 8.98. The second kappa shape index (κ2) is 6.31. The molecule has 0 aliphatic carbocycles. The number of halogens is 1. The van der Waals surface area contributed by atoms with E-state index in [1.54, 1.807) is 0 Å². The summed E-state index contributed by atoms with van der Waals surface area (Å²) in [6.45, 7) is 0.453. The molecule has 0 aliphatic heterocycles. The van der Waals surface area contributed by atoms with Gasteiger partial charge in [-0.15, -0.1) is 0 Å². The molecule has 7 heteroatoms. The number of rotatable bonds is 5. The number of nitrogens with two attached hydrogens (primary N) is 1. The number of carbonyl (C=O) groups excluding carboxylic acids is 1. The van der Waals surface area contributed by atoms with E-state index in [2.05, 4.69) is 21.2 Å². The van der Waals surface area contributed by atoms with Crippen LogP contribution in [0.15, 0.2) is 22.7 Å². The number of nitro benzene ring substituents is 1. The van der Waals surface area contributed by atoms with Crippen LogP contribution >= 0.6 is 15.9 Å². The van der Waals surface area contributed by atoms with E-state index in [1.807, 2.05) is 0 Å². The van der Waals surface area contributed by atoms with E-state index >= 15 is 0 Å². The topological polar surface area (TPSA) is 98.3 Å². The third-order valence-electron chi connectivity index (χ3n) is 2.05. The number of anilines is 1. The van der Waals surface area contributed by atoms with Crippen LogP contribution in [0.25, 0.3) is 0 Å². The van der Waals surface area contributed by atoms with E-state index in [0.717, 1.165) is 0 Å². The first-order chi connectivity index (χ1) is 8.04. The van der Waals surface area contributed by atoms with Crippen LogP contribution in [-0.4, -0.2) is 17.4 Å². The van der Waals surface area contributed by atoms with Gasteiger partial charge in [-0.05, 0) is 35.0 Å². The van der Waals surface area contributed by atoms with Crippen LogP contribution in [0.5, 0.6) is 0 Å². The third-order valence-corrected chi connectivity index (χ3v) is 2.70. The molecule has 1 aromatic rings. The standard InChI is InChI=1S/C10H12BrN3O3/c11-8-6-7(14(16)17)3-4-9(8)13-10(15)2-1-5-12/h3-4,6H,1-2,5,12H2,(H,13,15). The van der Waals surface area contributed by atoms with Gasteiger partial charge in [0.15, 0.2) is 0 Å². The average molecular weight is 302 g/mol. The molecule has 0 heterocycles. The van der Waals surface area contributed by atoms with Crippen molar-refractivity contribution in [3.8, 4) is 0 Å². The van der Waals surface area contributed by atoms with Gasteiger partial charge in [-0.25, -0.2) is 0 Å². The summed E-state index contributed by atoms with van der Waals surface area (Å²) in [5, 5.41) is 13.2. The third kappa shape index (κ3) is 4.12. The largest absolute Gasteiger partial charge is 0.330 e. The molecule has 6 nitrogen and oxygen atoms in total. The van der Waals surface area contributed by atoms with Crippen LogP contribution in [0.3, 0.4) is 0 Å². The van der Waals surface area contributed by atoms with Crippen LogP contribution in [0, 0.1) is 10.1 Å². The Bertz CT molecular complexity index is 437. The number of amides is 1. The molecule has 1 aromatic carbocycles. The van der Waals surface area contributed by atoms with Crippen LogP contribution < -0.4 is 11.1 Å². The quantitative estimate of drug-likeness (QED) is 0.642. The normalized spacial score (nSPS) is 10.0. The predicted molar refractivity (Wildman–Crippen MR) is 67.7 cm³/mol. The number of benzene rings is 1. The van der Waals surface area contributed by atoms with Gasteiger partial charge in [-0.1, -0.05) is 0 Å². The van der Waals surface area contributed by atoms with Crippen molar-refractivity contribution in [3.63, 3.8) is 0 Å². The van der Waals surface area contributed by atoms with Gasteiger partial charge in [0, 0.05) is 23.0 Å². The molecule has 0 atom stereocenters. The lowest BCUT2D eigenvalue weighted by Gasteiger charge is -2.06. The van der Waals surface area contributed by atoms with E-state index < -0.39 is 4.92 Å². The predicted octanol–water partition coefficient (Wildman–Crippen LogP) is 2.03. The molecular formula is C10H12BrN3O3. The molecule has 0 fully saturated rings. The van der Waals surface area contributed by atoms with Crippen LogP contribution in [0.2, 0.25) is 0 Å². The molecule has 3 N–H and O–H groups in total. The van der Waals surface area contributed by atoms with Gasteiger partial charge in [0.2, 0.25) is 5.91 Å². The van der Waals surface area contributed by atoms with E-state index in [4.69, 9.17) is 5.73 Å². The Kier molecular flexibility index (Phi) is 5.05. The molecule has 0 unspecified atom stereocenters. The molecule has 92 valence electrons. The van der Waals surface area contributed by atoms with Crippen molar-refractivity contribution in [3.05, 3.63) is 32.8 Å². The highest BCUT2D eigenvalue weighted by atomic mass is 79.9. The van der Waals surface area contributed by atoms with Gasteiger partial charge in [0.05, 0.1) is 10.6 Å². The molecule has 0 bridgehead atoms. The van der Waals surface area contributed by atoms with Gasteiger partial charge < -0.3 is 11.1 Å². The smallest absolute Gasteiger partial charge is 0.270 e. The zero-order valence-corrected chi connectivity index (χ0v) is 10.6. The summed E-state index contributed by atoms with van der Waals surface area (Å²) in [6.07, 6.45) is 0.941. The van der Waals surface area contributed by atoms with Gasteiger partial charge in [-0.2, -0.15) is 0 Å². The Hall–Kier alpha value is -1.47. The Balaban J connectivity index is 2.72. The summed E-state index contributed by atoms with van der Waals surface area (Å²) in [5.74, 6) is -0.162. The molecule has 0 saturated heterocycles. The molecule has 0 aliphatic rings. The zero-order chi connectivity index (χ0) is 12.8. The molecule has 0 aromatic heterocycles. The van der Waals surface area contributed by atoms with Crippen molar-refractivity contribution in [1.29, 1.82) is 0 Å². The molecular weight excluding hydrogens is 290 g/mol. The first kappa shape index (κ1) is 13.6. The highest BCUT2D eigenvalue weighted by Crippen LogP contribution is 2.27. The Morgan fingerprint density at radius 2 is 2.24 bits per heavy atom. The summed E-state index contributed by atoms with van der Waals surface area (Å²) in [7, 11) is 0. The lowest BCUT2D eigenvalue weighted by atomic mass is 10.2. The minimum absolute atomic E-state index is 0.0307. The first-order valence-electron chi connectivity index (χ1n) is 4.98. The van der Waals surface area contributed by atoms with E-state index in [-0.39, 0.29) is 11.6 Å². The van der Waals surface area contributed by atoms with E-state index in [9.17, 15) is 14.9 Å². The maximum atomic E-state index is 11.4. The lowest BCUT2D eigenvalue weighted by molar-refractivity contribution is -0.384. The van der Waals surface area contributed by atoms with Crippen LogP contribution in [0.1, 0.15) is 12.8 Å². The Morgan fingerprint density at radius 1 is 1.53 bits per heavy atom. The molecule has 1 amide bonds. The highest BCUT2D eigenvalue weighted by molar-refractivity contribution is 9.10. The van der Waals surface area contributed by atoms with Crippen molar-refractivity contribution in [1.82, 2.24) is 0 Å². The Morgan fingerprint density at radius 3 is 2.76 bits per heavy atom. The fourth-order valence-corrected chi connectivity index (χ4v) is 1.66. The molecule has 0 spiro atoms. The number of hydrogen-bond donors (Lipinski definition) is 2. The van der Waals surface area contributed by atoms with Gasteiger partial charge in [0.1, 0.15) is 0 Å². The van der Waals surface area contributed by atoms with Gasteiger partial charge in [-0.3, -0.25) is 14.9 Å². The summed E-state index contributed by atoms with van der Waals surface area (Å²) >= 11 is 3.17. The first-order valence-corrected chi connectivity index (χ1v) is 5.77. The van der Waals surface area contributed by atoms with Gasteiger partial charge >= 0.3 is 0 Å². The monoisotopic (exact) mass is 301 g/mol. The Labute approximate surface area is 106 Å². The number of non-ortho nitro benzene ring substituents is 1. The number of carbonyl (C=O) groups is 1. The second-order valence-electron chi connectivity index (χ2n) is 3.36. The molecule has 1 rings (SSSR count). The number of nitro groups is 1. The van der Waals surface area contributed by atoms with Crippen LogP contribution in [-0.2, 0) is 4.79 Å². The number of nitrogens with one attached hydrogen (secondary N) is 1. The number of nitrogens with zero attached hydrogens (tertiary/aromatic N) is 1. The maximum absolute atomic E-state index is 11.4. The van der Waals surface area contributed by atoms with Crippen molar-refractivity contribution in [2.75, 3.05) is 11.9 Å². The summed E-state index contributed by atoms with van der Waals surface area (Å²) < 4.78 is 0.479. The SMILES string of the molecule is NCCCC(=O)Nc1ccc([N+](=O)[O-])cc1Br. The molecule has 0 saturated carbocycles. The highest BCUT2D eigenvalue weighted by Gasteiger charge is 2.10. The van der Waals surface area contributed by atoms with Crippen molar-refractivity contribution >= 4 is 33.2 Å². The average Bonchev–Trinajstić information content (AvgIpc) is 2.28. The molecule has 17 heavy (non-hydrogen) atoms. The second-order valence-corrected chi connectivity index (χ2v) is 4.22. The summed E-state index contributed by atoms with van der Waals surface area (Å²) in [6, 6.07) is 4.17. The lowest BCUT2D eigenvalue weighted by Crippen LogP contribution is -2.13. The maximum Gasteiger partial charge on any atom is 0.270 e. The fraction of sp³-hybridized carbons (Fsp3) is 0.300. The van der Waals surface area contributed by atoms with Crippen molar-refractivity contribution in [2.24, 2.45) is 5.73 Å². The van der Waals surface area contributed by atoms with Crippen molar-refractivity contribution in [2.45, 2.75) is 12.8 Å². The minimum Gasteiger partial charge on any atom is -0.330 e. The summed E-state index contributed by atoms with van der Waals surface area (Å²) in [4.78, 5) is 21.4. The van der Waals surface area contributed by atoms with Gasteiger partial charge in [0.25, 0.3) is 5.69 Å². The fourth-order valence-electron chi connectivity index (χ4n) is 1.19. The molecule has 0 radical (unpaired) electrons. The van der Waals surface area contributed by atoms with Crippen LogP contribution in [0.4, 0.5) is 11.4 Å². The summed E-state index contributed by atoms with van der Waals surface area (Å²) in [5.41, 5.74) is 5.77. The van der Waals surface area contributed by atoms with E-state index in [1.165, 1.54) is 18.2 Å². The van der Waals surface area contributed by atoms with E-state index in [0.29, 0.717) is 29.5 Å². The van der Waals surface area contributed by atoms with Crippen molar-refractivity contribution < 1.29 is 9.72 Å².